The van der Waals surface area contributed by atoms with E-state index in [1.807, 2.05) is 0 Å². The maximum absolute atomic E-state index is 13.3. The monoisotopic (exact) mass is 391 g/mol. The number of anilines is 1. The van der Waals surface area contributed by atoms with Gasteiger partial charge in [-0.25, -0.2) is 13.2 Å². The van der Waals surface area contributed by atoms with Gasteiger partial charge in [0.1, 0.15) is 0 Å². The number of hydrogen-bond acceptors (Lipinski definition) is 5. The van der Waals surface area contributed by atoms with Gasteiger partial charge in [-0.1, -0.05) is 30.3 Å². The van der Waals surface area contributed by atoms with E-state index in [0.29, 0.717) is 11.3 Å². The highest BCUT2D eigenvalue weighted by Gasteiger charge is 2.37. The van der Waals surface area contributed by atoms with E-state index in [2.05, 4.69) is 0 Å². The molecule has 27 heavy (non-hydrogen) atoms. The highest BCUT2D eigenvalue weighted by Crippen LogP contribution is 2.34. The summed E-state index contributed by atoms with van der Waals surface area (Å²) in [5, 5.41) is 20.8. The fourth-order valence-corrected chi connectivity index (χ4v) is 4.84. The number of rotatable bonds is 3. The Kier molecular flexibility index (Phi) is 4.75. The van der Waals surface area contributed by atoms with Gasteiger partial charge in [0, 0.05) is 6.07 Å². The lowest BCUT2D eigenvalue weighted by Crippen LogP contribution is -2.43. The third-order valence-electron chi connectivity index (χ3n) is 4.44. The van der Waals surface area contributed by atoms with Crippen molar-refractivity contribution >= 4 is 27.5 Å². The van der Waals surface area contributed by atoms with Gasteiger partial charge in [-0.3, -0.25) is 19.3 Å². The van der Waals surface area contributed by atoms with E-state index in [1.165, 1.54) is 18.2 Å². The van der Waals surface area contributed by atoms with Gasteiger partial charge in [0.25, 0.3) is 15.7 Å². The van der Waals surface area contributed by atoms with Crippen molar-refractivity contribution in [2.45, 2.75) is 24.4 Å². The molecule has 9 nitrogen and oxygen atoms in total. The van der Waals surface area contributed by atoms with Crippen LogP contribution < -0.4 is 4.31 Å². The average molecular weight is 391 g/mol. The van der Waals surface area contributed by atoms with Gasteiger partial charge in [0.15, 0.2) is 4.90 Å². The molecule has 1 aliphatic rings. The molecule has 1 atom stereocenters. The molecule has 1 heterocycles. The second-order valence-electron chi connectivity index (χ2n) is 6.15. The van der Waals surface area contributed by atoms with Crippen LogP contribution in [0.3, 0.4) is 0 Å². The van der Waals surface area contributed by atoms with Gasteiger partial charge in [0.2, 0.25) is 0 Å². The normalized spacial score (nSPS) is 17.1. The number of para-hydroxylation sites is 2. The van der Waals surface area contributed by atoms with E-state index < -0.39 is 37.7 Å². The number of sulfonamides is 1. The molecule has 0 bridgehead atoms. The minimum absolute atomic E-state index is 0.0234. The molecule has 0 fully saturated rings. The second-order valence-corrected chi connectivity index (χ2v) is 7.98. The summed E-state index contributed by atoms with van der Waals surface area (Å²) in [6.07, 6.45) is -1.16. The first-order valence-electron chi connectivity index (χ1n) is 8.07. The van der Waals surface area contributed by atoms with Gasteiger partial charge in [-0.15, -0.1) is 0 Å². The van der Waals surface area contributed by atoms with Crippen molar-refractivity contribution < 1.29 is 23.2 Å². The van der Waals surface area contributed by atoms with Crippen LogP contribution in [0.4, 0.5) is 16.2 Å². The van der Waals surface area contributed by atoms with Crippen molar-refractivity contribution in [2.75, 3.05) is 10.8 Å². The number of fused-ring (bicyclic) bond motifs is 1. The zero-order valence-corrected chi connectivity index (χ0v) is 15.2. The summed E-state index contributed by atoms with van der Waals surface area (Å²) in [5.74, 6) is 0. The van der Waals surface area contributed by atoms with Crippen LogP contribution in [0, 0.1) is 10.1 Å². The van der Waals surface area contributed by atoms with Crippen molar-refractivity contribution in [1.29, 1.82) is 0 Å². The Hall–Kier alpha value is -3.14. The third kappa shape index (κ3) is 3.31. The number of nitro groups is 1. The summed E-state index contributed by atoms with van der Waals surface area (Å²) in [6.45, 7) is 1.47. The van der Waals surface area contributed by atoms with E-state index in [0.717, 1.165) is 15.3 Å². The van der Waals surface area contributed by atoms with E-state index in [-0.39, 0.29) is 13.1 Å². The molecule has 2 aromatic rings. The molecule has 2 aromatic carbocycles. The minimum Gasteiger partial charge on any atom is -0.465 e. The summed E-state index contributed by atoms with van der Waals surface area (Å²) in [5.41, 5.74) is 0.291. The largest absolute Gasteiger partial charge is 0.465 e. The van der Waals surface area contributed by atoms with Gasteiger partial charge in [-0.2, -0.15) is 0 Å². The lowest BCUT2D eigenvalue weighted by molar-refractivity contribution is -0.387. The van der Waals surface area contributed by atoms with Crippen molar-refractivity contribution in [3.05, 3.63) is 64.2 Å². The Morgan fingerprint density at radius 2 is 1.81 bits per heavy atom. The number of carbonyl (C=O) groups is 1. The maximum Gasteiger partial charge on any atom is 0.407 e. The van der Waals surface area contributed by atoms with Crippen LogP contribution in [0.5, 0.6) is 0 Å². The molecule has 0 saturated heterocycles. The van der Waals surface area contributed by atoms with Gasteiger partial charge in [0.05, 0.1) is 29.7 Å². The molecular formula is C17H17N3O6S. The highest BCUT2D eigenvalue weighted by atomic mass is 32.2. The minimum atomic E-state index is -4.28. The quantitative estimate of drug-likeness (QED) is 0.634. The van der Waals surface area contributed by atoms with Crippen molar-refractivity contribution in [1.82, 2.24) is 4.90 Å². The maximum atomic E-state index is 13.3. The van der Waals surface area contributed by atoms with Crippen LogP contribution in [0.15, 0.2) is 53.4 Å². The number of nitro benzene ring substituents is 1. The Bertz CT molecular complexity index is 1010. The molecule has 0 aliphatic carbocycles. The predicted octanol–water partition coefficient (Wildman–Crippen LogP) is 2.67. The molecule has 3 rings (SSSR count). The van der Waals surface area contributed by atoms with Crippen molar-refractivity contribution in [3.8, 4) is 0 Å². The molecular weight excluding hydrogens is 374 g/mol. The van der Waals surface area contributed by atoms with Crippen LogP contribution in [0.1, 0.15) is 12.5 Å². The summed E-state index contributed by atoms with van der Waals surface area (Å²) < 4.78 is 27.7. The fourth-order valence-electron chi connectivity index (χ4n) is 3.09. The van der Waals surface area contributed by atoms with Gasteiger partial charge < -0.3 is 5.11 Å². The van der Waals surface area contributed by atoms with Crippen LogP contribution in [-0.4, -0.2) is 42.0 Å². The third-order valence-corrected chi connectivity index (χ3v) is 6.27. The Balaban J connectivity index is 2.18. The summed E-state index contributed by atoms with van der Waals surface area (Å²) in [7, 11) is -4.28. The van der Waals surface area contributed by atoms with Crippen molar-refractivity contribution in [2.24, 2.45) is 0 Å². The first kappa shape index (κ1) is 18.6. The number of nitrogens with zero attached hydrogens (tertiary/aromatic N) is 3. The summed E-state index contributed by atoms with van der Waals surface area (Å²) in [6, 6.07) is 11.0. The first-order valence-corrected chi connectivity index (χ1v) is 9.51. The van der Waals surface area contributed by atoms with E-state index in [9.17, 15) is 28.4 Å². The lowest BCUT2D eigenvalue weighted by atomic mass is 10.2. The standard InChI is InChI=1S/C17H17N3O6S/c1-12-10-19(14-7-3-2-6-13(14)11-18(12)17(21)22)27(25,26)16-9-5-4-8-15(16)20(23)24/h2-9,12H,10-11H2,1H3,(H,21,22)/t12-/m1/s1. The molecule has 1 N–H and O–H groups in total. The average Bonchev–Trinajstić information content (AvgIpc) is 2.79. The molecule has 1 aliphatic heterocycles. The lowest BCUT2D eigenvalue weighted by Gasteiger charge is -2.28. The fraction of sp³-hybridized carbons (Fsp3) is 0.235. The first-order chi connectivity index (χ1) is 12.7. The van der Waals surface area contributed by atoms with E-state index in [4.69, 9.17) is 0 Å². The van der Waals surface area contributed by atoms with Crippen LogP contribution in [-0.2, 0) is 16.6 Å². The summed E-state index contributed by atoms with van der Waals surface area (Å²) in [4.78, 5) is 22.8. The summed E-state index contributed by atoms with van der Waals surface area (Å²) >= 11 is 0. The molecule has 142 valence electrons. The highest BCUT2D eigenvalue weighted by molar-refractivity contribution is 7.93. The van der Waals surface area contributed by atoms with E-state index >= 15 is 0 Å². The van der Waals surface area contributed by atoms with Crippen LogP contribution in [0.25, 0.3) is 0 Å². The molecule has 0 unspecified atom stereocenters. The smallest absolute Gasteiger partial charge is 0.407 e. The molecule has 10 heteroatoms. The van der Waals surface area contributed by atoms with Gasteiger partial charge in [-0.05, 0) is 24.6 Å². The molecule has 0 radical (unpaired) electrons. The van der Waals surface area contributed by atoms with Crippen LogP contribution in [0.2, 0.25) is 0 Å². The Morgan fingerprint density at radius 3 is 2.48 bits per heavy atom. The Labute approximate surface area is 155 Å². The van der Waals surface area contributed by atoms with Crippen molar-refractivity contribution in [3.63, 3.8) is 0 Å². The molecule has 0 aromatic heterocycles. The zero-order valence-electron chi connectivity index (χ0n) is 14.3. The number of hydrogen-bond donors (Lipinski definition) is 1. The predicted molar refractivity (Wildman–Crippen MR) is 97.1 cm³/mol. The molecule has 0 saturated carbocycles. The number of carboxylic acid groups (broad SMARTS) is 1. The number of amides is 1. The molecule has 1 amide bonds. The SMILES string of the molecule is C[C@@H]1CN(S(=O)(=O)c2ccccc2[N+](=O)[O-])c2ccccc2CN1C(=O)O. The van der Waals surface area contributed by atoms with Gasteiger partial charge >= 0.3 is 6.09 Å². The topological polar surface area (TPSA) is 121 Å². The van der Waals surface area contributed by atoms with E-state index in [1.54, 1.807) is 31.2 Å². The number of benzene rings is 2. The zero-order chi connectivity index (χ0) is 19.8. The second kappa shape index (κ2) is 6.88. The Morgan fingerprint density at radius 1 is 1.19 bits per heavy atom. The molecule has 0 spiro atoms. The van der Waals surface area contributed by atoms with Crippen LogP contribution >= 0.6 is 0 Å².